The highest BCUT2D eigenvalue weighted by Crippen LogP contribution is 2.22. The Labute approximate surface area is 167 Å². The number of hydrogen-bond donors (Lipinski definition) is 1. The van der Waals surface area contributed by atoms with E-state index in [4.69, 9.17) is 11.6 Å². The molecule has 0 unspecified atom stereocenters. The van der Waals surface area contributed by atoms with Gasteiger partial charge in [0.15, 0.2) is 5.76 Å². The first-order valence-corrected chi connectivity index (χ1v) is 9.19. The van der Waals surface area contributed by atoms with Gasteiger partial charge in [-0.15, -0.1) is 0 Å². The van der Waals surface area contributed by atoms with Crippen molar-refractivity contribution >= 4 is 23.4 Å². The molecule has 2 amide bonds. The predicted molar refractivity (Wildman–Crippen MR) is 104 cm³/mol. The zero-order chi connectivity index (χ0) is 20.3. The molecule has 0 saturated carbocycles. The first-order valence-electron chi connectivity index (χ1n) is 8.81. The van der Waals surface area contributed by atoms with E-state index in [9.17, 15) is 19.1 Å². The minimum atomic E-state index is -0.564. The lowest BCUT2D eigenvalue weighted by atomic mass is 10.1. The van der Waals surface area contributed by atoms with E-state index in [1.807, 2.05) is 18.2 Å². The Hall–Kier alpha value is -2.86. The minimum absolute atomic E-state index is 0.0434. The molecule has 0 bridgehead atoms. The van der Waals surface area contributed by atoms with Crippen molar-refractivity contribution in [2.75, 3.05) is 20.1 Å². The van der Waals surface area contributed by atoms with Gasteiger partial charge in [-0.25, -0.2) is 4.39 Å². The second kappa shape index (κ2) is 8.44. The number of carbonyl (C=O) groups excluding carboxylic acids is 2. The second-order valence-corrected chi connectivity index (χ2v) is 7.09. The number of likely N-dealkylation sites (N-methyl/N-ethyl adjacent to an activating group) is 1. The van der Waals surface area contributed by atoms with Crippen molar-refractivity contribution < 1.29 is 19.1 Å². The molecular weight excluding hydrogens is 383 g/mol. The zero-order valence-electron chi connectivity index (χ0n) is 15.4. The molecule has 1 heterocycles. The van der Waals surface area contributed by atoms with E-state index in [1.165, 1.54) is 21.9 Å². The van der Waals surface area contributed by atoms with Gasteiger partial charge in [0, 0.05) is 25.2 Å². The van der Waals surface area contributed by atoms with E-state index < -0.39 is 17.6 Å². The van der Waals surface area contributed by atoms with E-state index in [0.717, 1.165) is 11.1 Å². The molecule has 28 heavy (non-hydrogen) atoms. The summed E-state index contributed by atoms with van der Waals surface area (Å²) in [6.45, 7) is 0.622. The van der Waals surface area contributed by atoms with Crippen LogP contribution in [0.1, 0.15) is 11.1 Å². The number of halogens is 2. The van der Waals surface area contributed by atoms with Gasteiger partial charge in [0.25, 0.3) is 11.8 Å². The van der Waals surface area contributed by atoms with Crippen molar-refractivity contribution in [1.29, 1.82) is 0 Å². The average Bonchev–Trinajstić information content (AvgIpc) is 2.97. The molecule has 3 rings (SSSR count). The normalized spacial score (nSPS) is 14.0. The number of rotatable bonds is 6. The summed E-state index contributed by atoms with van der Waals surface area (Å²) < 4.78 is 13.0. The third kappa shape index (κ3) is 4.34. The Kier molecular flexibility index (Phi) is 5.99. The van der Waals surface area contributed by atoms with Gasteiger partial charge in [0.2, 0.25) is 0 Å². The summed E-state index contributed by atoms with van der Waals surface area (Å²) in [7, 11) is 1.57. The molecule has 1 N–H and O–H groups in total. The highest BCUT2D eigenvalue weighted by molar-refractivity contribution is 6.31. The summed E-state index contributed by atoms with van der Waals surface area (Å²) in [5, 5.41) is 10.8. The summed E-state index contributed by atoms with van der Waals surface area (Å²) in [5.74, 6) is -1.87. The lowest BCUT2D eigenvalue weighted by Gasteiger charge is -2.19. The van der Waals surface area contributed by atoms with Crippen LogP contribution in [-0.4, -0.2) is 46.9 Å². The zero-order valence-corrected chi connectivity index (χ0v) is 16.1. The maximum atomic E-state index is 13.0. The molecule has 0 spiro atoms. The van der Waals surface area contributed by atoms with E-state index in [2.05, 4.69) is 0 Å². The molecule has 7 heteroatoms. The predicted octanol–water partition coefficient (Wildman–Crippen LogP) is 3.33. The number of aliphatic hydroxyl groups is 1. The van der Waals surface area contributed by atoms with Crippen molar-refractivity contribution in [2.45, 2.75) is 13.0 Å². The van der Waals surface area contributed by atoms with Gasteiger partial charge in [-0.3, -0.25) is 9.59 Å². The minimum Gasteiger partial charge on any atom is -0.503 e. The number of carbonyl (C=O) groups is 2. The van der Waals surface area contributed by atoms with Gasteiger partial charge >= 0.3 is 0 Å². The Morgan fingerprint density at radius 3 is 2.57 bits per heavy atom. The van der Waals surface area contributed by atoms with Crippen LogP contribution in [0.4, 0.5) is 4.39 Å². The van der Waals surface area contributed by atoms with Crippen LogP contribution in [-0.2, 0) is 22.6 Å². The van der Waals surface area contributed by atoms with Crippen LogP contribution in [0.15, 0.2) is 59.9 Å². The fourth-order valence-corrected chi connectivity index (χ4v) is 3.32. The molecule has 0 aliphatic carbocycles. The van der Waals surface area contributed by atoms with Crippen molar-refractivity contribution in [1.82, 2.24) is 9.80 Å². The molecule has 0 aromatic heterocycles. The Bertz CT molecular complexity index is 928. The fraction of sp³-hybridized carbons (Fsp3) is 0.238. The number of aliphatic hydroxyl groups excluding tert-OH is 1. The summed E-state index contributed by atoms with van der Waals surface area (Å²) in [4.78, 5) is 27.8. The third-order valence-corrected chi connectivity index (χ3v) is 5.04. The van der Waals surface area contributed by atoms with Crippen molar-refractivity contribution in [3.63, 3.8) is 0 Å². The maximum Gasteiger partial charge on any atom is 0.289 e. The van der Waals surface area contributed by atoms with Gasteiger partial charge < -0.3 is 14.9 Å². The smallest absolute Gasteiger partial charge is 0.289 e. The Morgan fingerprint density at radius 1 is 1.21 bits per heavy atom. The van der Waals surface area contributed by atoms with Crippen LogP contribution in [0.25, 0.3) is 0 Å². The largest absolute Gasteiger partial charge is 0.503 e. The molecular formula is C21H20ClFN2O3. The molecule has 2 aromatic rings. The second-order valence-electron chi connectivity index (χ2n) is 6.68. The van der Waals surface area contributed by atoms with Crippen LogP contribution in [0.2, 0.25) is 5.02 Å². The number of hydrogen-bond acceptors (Lipinski definition) is 3. The van der Waals surface area contributed by atoms with E-state index in [1.54, 1.807) is 25.2 Å². The van der Waals surface area contributed by atoms with Crippen LogP contribution >= 0.6 is 11.6 Å². The molecule has 0 radical (unpaired) electrons. The van der Waals surface area contributed by atoms with E-state index in [-0.39, 0.29) is 24.5 Å². The first kappa shape index (κ1) is 19.9. The molecule has 2 aromatic carbocycles. The van der Waals surface area contributed by atoms with Crippen LogP contribution in [0, 0.1) is 5.82 Å². The monoisotopic (exact) mass is 402 g/mol. The summed E-state index contributed by atoms with van der Waals surface area (Å²) in [6.07, 6.45) is 0.519. The molecule has 1 aliphatic rings. The summed E-state index contributed by atoms with van der Waals surface area (Å²) >= 11 is 6.13. The van der Waals surface area contributed by atoms with Crippen LogP contribution in [0.5, 0.6) is 0 Å². The van der Waals surface area contributed by atoms with Gasteiger partial charge in [-0.1, -0.05) is 41.9 Å². The Balaban J connectivity index is 1.63. The standard InChI is InChI=1S/C21H20ClFN2O3/c1-24(12-14-6-8-16(23)9-7-14)20(27)17-13-25(21(28)19(17)26)11-10-15-4-2-3-5-18(15)22/h2-9,26H,10-13H2,1H3. The summed E-state index contributed by atoms with van der Waals surface area (Å²) in [5.41, 5.74) is 1.70. The fourth-order valence-electron chi connectivity index (χ4n) is 3.09. The first-order chi connectivity index (χ1) is 13.4. The molecule has 146 valence electrons. The van der Waals surface area contributed by atoms with E-state index in [0.29, 0.717) is 18.0 Å². The number of amides is 2. The highest BCUT2D eigenvalue weighted by Gasteiger charge is 2.34. The number of benzene rings is 2. The summed E-state index contributed by atoms with van der Waals surface area (Å²) in [6, 6.07) is 13.2. The topological polar surface area (TPSA) is 60.9 Å². The molecule has 5 nitrogen and oxygen atoms in total. The molecule has 0 atom stereocenters. The Morgan fingerprint density at radius 2 is 1.89 bits per heavy atom. The quantitative estimate of drug-likeness (QED) is 0.806. The highest BCUT2D eigenvalue weighted by atomic mass is 35.5. The SMILES string of the molecule is CN(Cc1ccc(F)cc1)C(=O)C1=C(O)C(=O)N(CCc2ccccc2Cl)C1. The van der Waals surface area contributed by atoms with Gasteiger partial charge in [0.1, 0.15) is 5.82 Å². The van der Waals surface area contributed by atoms with Gasteiger partial charge in [0.05, 0.1) is 12.1 Å². The molecule has 1 aliphatic heterocycles. The third-order valence-electron chi connectivity index (χ3n) is 4.67. The lowest BCUT2D eigenvalue weighted by molar-refractivity contribution is -0.128. The van der Waals surface area contributed by atoms with Crippen molar-refractivity contribution in [2.24, 2.45) is 0 Å². The van der Waals surface area contributed by atoms with Crippen molar-refractivity contribution in [3.05, 3.63) is 81.8 Å². The van der Waals surface area contributed by atoms with E-state index >= 15 is 0 Å². The lowest BCUT2D eigenvalue weighted by Crippen LogP contribution is -2.32. The van der Waals surface area contributed by atoms with Crippen LogP contribution in [0.3, 0.4) is 0 Å². The molecule has 0 saturated heterocycles. The van der Waals surface area contributed by atoms with Gasteiger partial charge in [-0.05, 0) is 35.7 Å². The van der Waals surface area contributed by atoms with Crippen molar-refractivity contribution in [3.8, 4) is 0 Å². The number of nitrogens with zero attached hydrogens (tertiary/aromatic N) is 2. The maximum absolute atomic E-state index is 13.0. The van der Waals surface area contributed by atoms with Gasteiger partial charge in [-0.2, -0.15) is 0 Å². The van der Waals surface area contributed by atoms with Crippen LogP contribution < -0.4 is 0 Å². The molecule has 0 fully saturated rings. The average molecular weight is 403 g/mol.